The minimum Gasteiger partial charge on any atom is -0.340 e. The van der Waals surface area contributed by atoms with Crippen molar-refractivity contribution < 1.29 is 13.3 Å². The molecule has 1 aromatic carbocycles. The molecule has 150 valence electrons. The zero-order valence-corrected chi connectivity index (χ0v) is 16.9. The first kappa shape index (κ1) is 20.0. The van der Waals surface area contributed by atoms with E-state index in [1.54, 1.807) is 39.8 Å². The summed E-state index contributed by atoms with van der Waals surface area (Å²) in [5, 5.41) is 15.4. The van der Waals surface area contributed by atoms with Crippen molar-refractivity contribution in [3.63, 3.8) is 0 Å². The third-order valence-electron chi connectivity index (χ3n) is 4.67. The van der Waals surface area contributed by atoms with Crippen LogP contribution in [0.4, 0.5) is 5.69 Å². The average Bonchev–Trinajstić information content (AvgIpc) is 3.15. The van der Waals surface area contributed by atoms with Gasteiger partial charge in [-0.1, -0.05) is 13.8 Å². The molecule has 0 bridgehead atoms. The number of aryl methyl sites for hydroxylation is 1. The molecule has 0 aliphatic rings. The van der Waals surface area contributed by atoms with Crippen LogP contribution in [0.25, 0.3) is 11.0 Å². The Morgan fingerprint density at radius 3 is 2.50 bits per heavy atom. The SMILES string of the molecule is CCN(CC)S(=O)(=O)c1ccc2nc(Cn3nc(C)c([N+](=O)[O-])c3C)[nH]c2c1. The molecule has 0 spiro atoms. The highest BCUT2D eigenvalue weighted by molar-refractivity contribution is 7.89. The quantitative estimate of drug-likeness (QED) is 0.474. The van der Waals surface area contributed by atoms with Crippen molar-refractivity contribution in [1.29, 1.82) is 0 Å². The first-order valence-electron chi connectivity index (χ1n) is 8.86. The minimum absolute atomic E-state index is 0.0105. The smallest absolute Gasteiger partial charge is 0.312 e. The van der Waals surface area contributed by atoms with Crippen LogP contribution in [0.5, 0.6) is 0 Å². The van der Waals surface area contributed by atoms with E-state index in [2.05, 4.69) is 15.1 Å². The van der Waals surface area contributed by atoms with Gasteiger partial charge in [0.05, 0.1) is 27.4 Å². The second kappa shape index (κ2) is 7.32. The number of nitrogens with zero attached hydrogens (tertiary/aromatic N) is 5. The lowest BCUT2D eigenvalue weighted by Gasteiger charge is -2.18. The first-order chi connectivity index (χ1) is 13.2. The predicted molar refractivity (Wildman–Crippen MR) is 104 cm³/mol. The summed E-state index contributed by atoms with van der Waals surface area (Å²) in [5.74, 6) is 0.535. The van der Waals surface area contributed by atoms with E-state index in [-0.39, 0.29) is 17.1 Å². The highest BCUT2D eigenvalue weighted by atomic mass is 32.2. The number of nitrogens with one attached hydrogen (secondary N) is 1. The second-order valence-corrected chi connectivity index (χ2v) is 8.32. The number of H-pyrrole nitrogens is 1. The number of hydrogen-bond donors (Lipinski definition) is 1. The van der Waals surface area contributed by atoms with E-state index in [1.807, 2.05) is 0 Å². The molecule has 0 aliphatic heterocycles. The number of benzene rings is 1. The van der Waals surface area contributed by atoms with Crippen LogP contribution in [0.3, 0.4) is 0 Å². The van der Waals surface area contributed by atoms with Gasteiger partial charge in [0.2, 0.25) is 10.0 Å². The maximum absolute atomic E-state index is 12.7. The van der Waals surface area contributed by atoms with E-state index < -0.39 is 14.9 Å². The number of nitro groups is 1. The number of aromatic nitrogens is 4. The monoisotopic (exact) mass is 406 g/mol. The normalized spacial score (nSPS) is 12.2. The molecule has 0 atom stereocenters. The van der Waals surface area contributed by atoms with E-state index >= 15 is 0 Å². The van der Waals surface area contributed by atoms with Gasteiger partial charge in [0, 0.05) is 13.1 Å². The number of fused-ring (bicyclic) bond motifs is 1. The fourth-order valence-electron chi connectivity index (χ4n) is 3.24. The van der Waals surface area contributed by atoms with Gasteiger partial charge in [-0.2, -0.15) is 9.40 Å². The zero-order chi connectivity index (χ0) is 20.6. The van der Waals surface area contributed by atoms with Crippen LogP contribution >= 0.6 is 0 Å². The molecule has 0 amide bonds. The van der Waals surface area contributed by atoms with E-state index in [0.717, 1.165) is 0 Å². The molecule has 2 aromatic heterocycles. The fraction of sp³-hybridized carbons (Fsp3) is 0.412. The topological polar surface area (TPSA) is 127 Å². The van der Waals surface area contributed by atoms with Gasteiger partial charge < -0.3 is 4.98 Å². The van der Waals surface area contributed by atoms with Crippen LogP contribution in [0, 0.1) is 24.0 Å². The minimum atomic E-state index is -3.57. The molecular weight excluding hydrogens is 384 g/mol. The van der Waals surface area contributed by atoms with Gasteiger partial charge >= 0.3 is 5.69 Å². The first-order valence-corrected chi connectivity index (χ1v) is 10.3. The van der Waals surface area contributed by atoms with Crippen LogP contribution in [-0.4, -0.2) is 50.5 Å². The predicted octanol–water partition coefficient (Wildman–Crippen LogP) is 2.36. The highest BCUT2D eigenvalue weighted by Gasteiger charge is 2.24. The highest BCUT2D eigenvalue weighted by Crippen LogP contribution is 2.24. The maximum atomic E-state index is 12.7. The van der Waals surface area contributed by atoms with E-state index in [1.165, 1.54) is 15.1 Å². The van der Waals surface area contributed by atoms with Crippen molar-refractivity contribution in [2.75, 3.05) is 13.1 Å². The summed E-state index contributed by atoms with van der Waals surface area (Å²) < 4.78 is 28.3. The Labute approximate surface area is 162 Å². The summed E-state index contributed by atoms with van der Waals surface area (Å²) in [7, 11) is -3.57. The van der Waals surface area contributed by atoms with Crippen LogP contribution in [-0.2, 0) is 16.6 Å². The van der Waals surface area contributed by atoms with Crippen LogP contribution in [0.2, 0.25) is 0 Å². The van der Waals surface area contributed by atoms with Gasteiger partial charge in [0.25, 0.3) is 0 Å². The van der Waals surface area contributed by atoms with Crippen molar-refractivity contribution >= 4 is 26.7 Å². The van der Waals surface area contributed by atoms with Gasteiger partial charge in [-0.05, 0) is 32.0 Å². The number of aromatic amines is 1. The number of imidazole rings is 1. The molecule has 28 heavy (non-hydrogen) atoms. The van der Waals surface area contributed by atoms with Crippen molar-refractivity contribution in [3.05, 3.63) is 45.5 Å². The molecule has 2 heterocycles. The van der Waals surface area contributed by atoms with E-state index in [4.69, 9.17) is 0 Å². The van der Waals surface area contributed by atoms with E-state index in [9.17, 15) is 18.5 Å². The Bertz CT molecular complexity index is 1140. The number of hydrogen-bond acceptors (Lipinski definition) is 6. The Balaban J connectivity index is 1.96. The molecule has 0 fully saturated rings. The van der Waals surface area contributed by atoms with Crippen molar-refractivity contribution in [2.45, 2.75) is 39.1 Å². The van der Waals surface area contributed by atoms with E-state index in [0.29, 0.717) is 41.3 Å². The third kappa shape index (κ3) is 3.38. The van der Waals surface area contributed by atoms with Crippen molar-refractivity contribution in [1.82, 2.24) is 24.1 Å². The van der Waals surface area contributed by atoms with Crippen LogP contribution in [0.15, 0.2) is 23.1 Å². The van der Waals surface area contributed by atoms with Gasteiger partial charge in [-0.25, -0.2) is 13.4 Å². The Morgan fingerprint density at radius 1 is 1.25 bits per heavy atom. The molecule has 11 heteroatoms. The molecule has 0 aliphatic carbocycles. The van der Waals surface area contributed by atoms with Crippen LogP contribution in [0.1, 0.15) is 31.1 Å². The molecule has 10 nitrogen and oxygen atoms in total. The maximum Gasteiger partial charge on any atom is 0.312 e. The molecule has 0 unspecified atom stereocenters. The lowest BCUT2D eigenvalue weighted by Crippen LogP contribution is -2.30. The summed E-state index contributed by atoms with van der Waals surface area (Å²) in [6.45, 7) is 7.81. The lowest BCUT2D eigenvalue weighted by atomic mass is 10.3. The van der Waals surface area contributed by atoms with Crippen molar-refractivity contribution in [2.24, 2.45) is 0 Å². The van der Waals surface area contributed by atoms with Crippen LogP contribution < -0.4 is 0 Å². The zero-order valence-electron chi connectivity index (χ0n) is 16.1. The van der Waals surface area contributed by atoms with Gasteiger partial charge in [0.1, 0.15) is 17.2 Å². The summed E-state index contributed by atoms with van der Waals surface area (Å²) in [5.41, 5.74) is 1.96. The second-order valence-electron chi connectivity index (χ2n) is 6.39. The molecule has 3 rings (SSSR count). The molecule has 3 aromatic rings. The Hall–Kier alpha value is -2.79. The fourth-order valence-corrected chi connectivity index (χ4v) is 4.72. The summed E-state index contributed by atoms with van der Waals surface area (Å²) in [6.07, 6.45) is 0. The van der Waals surface area contributed by atoms with Gasteiger partial charge in [-0.3, -0.25) is 14.8 Å². The largest absolute Gasteiger partial charge is 0.340 e. The molecule has 1 N–H and O–H groups in total. The Kier molecular flexibility index (Phi) is 5.22. The molecule has 0 saturated heterocycles. The van der Waals surface area contributed by atoms with Crippen molar-refractivity contribution in [3.8, 4) is 0 Å². The summed E-state index contributed by atoms with van der Waals surface area (Å²) in [4.78, 5) is 18.4. The molecule has 0 saturated carbocycles. The Morgan fingerprint density at radius 2 is 1.93 bits per heavy atom. The molecule has 0 radical (unpaired) electrons. The number of rotatable bonds is 7. The van der Waals surface area contributed by atoms with Gasteiger partial charge in [-0.15, -0.1) is 0 Å². The third-order valence-corrected chi connectivity index (χ3v) is 6.72. The number of sulfonamides is 1. The molecular formula is C17H22N6O4S. The summed E-state index contributed by atoms with van der Waals surface area (Å²) in [6, 6.07) is 4.74. The summed E-state index contributed by atoms with van der Waals surface area (Å²) >= 11 is 0. The van der Waals surface area contributed by atoms with Gasteiger partial charge in [0.15, 0.2) is 0 Å². The standard InChI is InChI=1S/C17H22N6O4S/c1-5-21(6-2)28(26,27)13-7-8-14-15(9-13)19-16(18-14)10-22-12(4)17(23(24)25)11(3)20-22/h7-9H,5-6,10H2,1-4H3,(H,18,19). The average molecular weight is 406 g/mol. The lowest BCUT2D eigenvalue weighted by molar-refractivity contribution is -0.386.